The molecule has 0 aromatic heterocycles. The summed E-state index contributed by atoms with van der Waals surface area (Å²) in [4.78, 5) is 0. The van der Waals surface area contributed by atoms with Crippen molar-refractivity contribution in [2.45, 2.75) is 12.5 Å². The lowest BCUT2D eigenvalue weighted by molar-refractivity contribution is 0.170. The van der Waals surface area contributed by atoms with Crippen LogP contribution in [0.1, 0.15) is 18.1 Å². The highest BCUT2D eigenvalue weighted by atomic mass is 31.1. The molecule has 15 heavy (non-hydrogen) atoms. The Labute approximate surface area is 87.0 Å². The molecule has 1 aromatic rings. The second kappa shape index (κ2) is 5.85. The third kappa shape index (κ3) is 3.30. The summed E-state index contributed by atoms with van der Waals surface area (Å²) in [5.41, 5.74) is 0.339. The van der Waals surface area contributed by atoms with Crippen molar-refractivity contribution in [3.8, 4) is 0 Å². The molecule has 0 heterocycles. The van der Waals surface area contributed by atoms with Gasteiger partial charge in [-0.05, 0) is 17.7 Å². The summed E-state index contributed by atoms with van der Waals surface area (Å²) >= 11 is 0. The minimum atomic E-state index is -0.999. The summed E-state index contributed by atoms with van der Waals surface area (Å²) in [5, 5.41) is 8.70. The zero-order valence-corrected chi connectivity index (χ0v) is 8.58. The van der Waals surface area contributed by atoms with Crippen molar-refractivity contribution in [3.63, 3.8) is 0 Å². The van der Waals surface area contributed by atoms with Crippen LogP contribution in [0.15, 0.2) is 18.2 Å². The minimum Gasteiger partial charge on any atom is -0.396 e. The molecule has 0 aliphatic rings. The number of aliphatic hydroxyl groups excluding tert-OH is 1. The van der Waals surface area contributed by atoms with Gasteiger partial charge in [-0.2, -0.15) is 0 Å². The molecule has 0 bridgehead atoms. The number of benzene rings is 1. The fraction of sp³-hybridized carbons (Fsp3) is 0.333. The zero-order valence-electron chi connectivity index (χ0n) is 7.69. The van der Waals surface area contributed by atoms with Crippen LogP contribution < -0.4 is 0 Å². The Bertz CT molecular complexity index is 346. The van der Waals surface area contributed by atoms with Gasteiger partial charge in [0.1, 0.15) is 0 Å². The average molecular weight is 234 g/mol. The molecule has 0 aliphatic carbocycles. The van der Waals surface area contributed by atoms with Crippen LogP contribution in [0.5, 0.6) is 0 Å². The van der Waals surface area contributed by atoms with E-state index in [1.54, 1.807) is 0 Å². The van der Waals surface area contributed by atoms with Gasteiger partial charge in [-0.25, -0.2) is 13.3 Å². The molecule has 0 aliphatic heterocycles. The van der Waals surface area contributed by atoms with E-state index >= 15 is 0 Å². The normalized spacial score (nSPS) is 13.0. The van der Waals surface area contributed by atoms with E-state index in [-0.39, 0.29) is 13.0 Å². The fourth-order valence-electron chi connectivity index (χ4n) is 1.16. The number of hydrogen-bond donors (Lipinski definition) is 1. The van der Waals surface area contributed by atoms with Gasteiger partial charge in [0.25, 0.3) is 0 Å². The first kappa shape index (κ1) is 12.2. The molecular weight excluding hydrogens is 225 g/mol. The molecule has 1 rings (SSSR count). The largest absolute Gasteiger partial charge is 0.396 e. The smallest absolute Gasteiger partial charge is 0.327 e. The molecule has 0 fully saturated rings. The first-order chi connectivity index (χ1) is 7.19. The molecule has 0 unspecified atom stereocenters. The van der Waals surface area contributed by atoms with Gasteiger partial charge in [-0.15, -0.1) is 0 Å². The Kier molecular flexibility index (Phi) is 4.75. The maximum absolute atomic E-state index is 12.8. The molecule has 0 saturated heterocycles. The predicted octanol–water partition coefficient (Wildman–Crippen LogP) is 2.61. The summed E-state index contributed by atoms with van der Waals surface area (Å²) in [7, 11) is -0.566. The molecule has 6 heteroatoms. The standard InChI is InChI=1S/C9H9F2O3P/c10-7-2-1-6(5-8(7)11)9(3-4-12)14-15-13/h1-2,5,9,12H,3-4H2/t9-/m1/s1. The summed E-state index contributed by atoms with van der Waals surface area (Å²) in [5.74, 6) is -1.96. The lowest BCUT2D eigenvalue weighted by Gasteiger charge is -2.12. The maximum Gasteiger partial charge on any atom is 0.327 e. The highest BCUT2D eigenvalue weighted by Crippen LogP contribution is 2.26. The monoisotopic (exact) mass is 234 g/mol. The van der Waals surface area contributed by atoms with Crippen molar-refractivity contribution in [2.75, 3.05) is 6.61 Å². The van der Waals surface area contributed by atoms with Gasteiger partial charge in [0.2, 0.25) is 0 Å². The van der Waals surface area contributed by atoms with Gasteiger partial charge in [0.05, 0.1) is 6.10 Å². The maximum atomic E-state index is 12.8. The molecule has 1 atom stereocenters. The average Bonchev–Trinajstić information content (AvgIpc) is 2.22. The van der Waals surface area contributed by atoms with Crippen molar-refractivity contribution in [1.82, 2.24) is 0 Å². The van der Waals surface area contributed by atoms with E-state index < -0.39 is 26.4 Å². The van der Waals surface area contributed by atoms with E-state index in [0.717, 1.165) is 12.1 Å². The first-order valence-corrected chi connectivity index (χ1v) is 4.96. The van der Waals surface area contributed by atoms with Crippen LogP contribution in [-0.2, 0) is 9.09 Å². The minimum absolute atomic E-state index is 0.167. The third-order valence-corrected chi connectivity index (χ3v) is 2.22. The van der Waals surface area contributed by atoms with Gasteiger partial charge < -0.3 is 5.11 Å². The van der Waals surface area contributed by atoms with Gasteiger partial charge in [0, 0.05) is 13.0 Å². The third-order valence-electron chi connectivity index (χ3n) is 1.88. The van der Waals surface area contributed by atoms with Gasteiger partial charge in [-0.3, -0.25) is 4.52 Å². The Morgan fingerprint density at radius 2 is 2.13 bits per heavy atom. The Hall–Kier alpha value is -0.900. The van der Waals surface area contributed by atoms with Gasteiger partial charge >= 0.3 is 8.69 Å². The van der Waals surface area contributed by atoms with E-state index in [0.29, 0.717) is 5.56 Å². The van der Waals surface area contributed by atoms with E-state index in [1.165, 1.54) is 6.07 Å². The number of halogens is 2. The van der Waals surface area contributed by atoms with Crippen molar-refractivity contribution in [2.24, 2.45) is 0 Å². The number of rotatable bonds is 5. The van der Waals surface area contributed by atoms with Crippen LogP contribution >= 0.6 is 8.69 Å². The van der Waals surface area contributed by atoms with E-state index in [2.05, 4.69) is 0 Å². The van der Waals surface area contributed by atoms with Crippen molar-refractivity contribution in [1.29, 1.82) is 0 Å². The SMILES string of the molecule is O=PO[C@H](CCO)c1ccc(F)c(F)c1. The summed E-state index contributed by atoms with van der Waals surface area (Å²) in [6, 6.07) is 3.24. The Morgan fingerprint density at radius 3 is 2.67 bits per heavy atom. The molecule has 0 saturated carbocycles. The van der Waals surface area contributed by atoms with E-state index in [1.807, 2.05) is 0 Å². The van der Waals surface area contributed by atoms with Crippen molar-refractivity contribution in [3.05, 3.63) is 35.4 Å². The topological polar surface area (TPSA) is 46.5 Å². The fourth-order valence-corrected chi connectivity index (χ4v) is 1.49. The molecule has 1 aromatic carbocycles. The quantitative estimate of drug-likeness (QED) is 0.796. The molecule has 0 spiro atoms. The van der Waals surface area contributed by atoms with Crippen LogP contribution in [-0.4, -0.2) is 11.7 Å². The first-order valence-electron chi connectivity index (χ1n) is 4.23. The number of hydrogen-bond acceptors (Lipinski definition) is 3. The van der Waals surface area contributed by atoms with E-state index in [4.69, 9.17) is 9.63 Å². The molecular formula is C9H9F2O3P. The van der Waals surface area contributed by atoms with Crippen LogP contribution in [0.25, 0.3) is 0 Å². The summed E-state index contributed by atoms with van der Waals surface area (Å²) in [6.07, 6.45) is -0.537. The molecule has 3 nitrogen and oxygen atoms in total. The second-order valence-corrected chi connectivity index (χ2v) is 3.21. The van der Waals surface area contributed by atoms with Crippen LogP contribution in [0.4, 0.5) is 8.78 Å². The molecule has 82 valence electrons. The predicted molar refractivity (Wildman–Crippen MR) is 49.5 cm³/mol. The lowest BCUT2D eigenvalue weighted by Crippen LogP contribution is -2.02. The molecule has 0 radical (unpaired) electrons. The van der Waals surface area contributed by atoms with E-state index in [9.17, 15) is 13.3 Å². The zero-order chi connectivity index (χ0) is 11.3. The van der Waals surface area contributed by atoms with Gasteiger partial charge in [-0.1, -0.05) is 6.07 Å². The lowest BCUT2D eigenvalue weighted by atomic mass is 10.1. The van der Waals surface area contributed by atoms with Crippen LogP contribution in [0.3, 0.4) is 0 Å². The van der Waals surface area contributed by atoms with Crippen molar-refractivity contribution < 1.29 is 23.0 Å². The van der Waals surface area contributed by atoms with Crippen molar-refractivity contribution >= 4 is 8.69 Å². The van der Waals surface area contributed by atoms with Crippen LogP contribution in [0.2, 0.25) is 0 Å². The molecule has 1 N–H and O–H groups in total. The Balaban J connectivity index is 2.89. The Morgan fingerprint density at radius 1 is 1.40 bits per heavy atom. The number of aliphatic hydroxyl groups is 1. The van der Waals surface area contributed by atoms with Gasteiger partial charge in [0.15, 0.2) is 11.6 Å². The summed E-state index contributed by atoms with van der Waals surface area (Å²) in [6.45, 7) is -0.195. The van der Waals surface area contributed by atoms with Crippen LogP contribution in [0, 0.1) is 11.6 Å². The summed E-state index contributed by atoms with van der Waals surface area (Å²) < 4.78 is 40.4. The highest BCUT2D eigenvalue weighted by molar-refractivity contribution is 7.17. The highest BCUT2D eigenvalue weighted by Gasteiger charge is 2.14. The molecule has 0 amide bonds. The second-order valence-electron chi connectivity index (χ2n) is 2.85.